The molecule has 146 valence electrons. The number of ether oxygens (including phenoxy) is 1. The summed E-state index contributed by atoms with van der Waals surface area (Å²) < 4.78 is 5.73. The van der Waals surface area contributed by atoms with Gasteiger partial charge in [0.1, 0.15) is 18.5 Å². The molecule has 0 saturated carbocycles. The number of aromatic nitrogens is 1. The monoisotopic (exact) mass is 388 g/mol. The van der Waals surface area contributed by atoms with Gasteiger partial charge >= 0.3 is 0 Å². The highest BCUT2D eigenvalue weighted by atomic mass is 35.5. The summed E-state index contributed by atoms with van der Waals surface area (Å²) >= 11 is 0. The molecule has 1 atom stereocenters. The number of para-hydroxylation sites is 2. The Morgan fingerprint density at radius 2 is 1.81 bits per heavy atom. The molecule has 3 rings (SSSR count). The molecule has 0 aliphatic carbocycles. The molecule has 1 aromatic heterocycles. The average molecular weight is 389 g/mol. The van der Waals surface area contributed by atoms with E-state index in [4.69, 9.17) is 4.74 Å². The molecule has 0 aliphatic heterocycles. The van der Waals surface area contributed by atoms with Crippen LogP contribution in [0.5, 0.6) is 5.75 Å². The zero-order valence-electron chi connectivity index (χ0n) is 16.2. The van der Waals surface area contributed by atoms with Crippen LogP contribution < -0.4 is 10.1 Å². The summed E-state index contributed by atoms with van der Waals surface area (Å²) in [6, 6.07) is 16.2. The number of aliphatic hydroxyl groups excluding tert-OH is 1. The minimum absolute atomic E-state index is 0. The van der Waals surface area contributed by atoms with E-state index in [-0.39, 0.29) is 24.6 Å². The fraction of sp³-hybridized carbons (Fsp3) is 0.364. The maximum absolute atomic E-state index is 10.3. The van der Waals surface area contributed by atoms with Crippen molar-refractivity contribution in [2.45, 2.75) is 38.8 Å². The Bertz CT molecular complexity index is 860. The van der Waals surface area contributed by atoms with Gasteiger partial charge in [0.2, 0.25) is 0 Å². The lowest BCUT2D eigenvalue weighted by Gasteiger charge is -2.28. The van der Waals surface area contributed by atoms with Crippen molar-refractivity contribution in [2.75, 3.05) is 13.2 Å². The molecular formula is C22H29ClN2O2. The van der Waals surface area contributed by atoms with Gasteiger partial charge in [-0.25, -0.2) is 0 Å². The summed E-state index contributed by atoms with van der Waals surface area (Å²) in [5.74, 6) is 0.824. The Labute approximate surface area is 167 Å². The quantitative estimate of drug-likeness (QED) is 0.540. The molecule has 0 amide bonds. The number of nitrogens with one attached hydrogen (secondary N) is 2. The molecule has 0 spiro atoms. The first-order chi connectivity index (χ1) is 12.4. The lowest BCUT2D eigenvalue weighted by Crippen LogP contribution is -2.46. The first kappa shape index (κ1) is 21.3. The van der Waals surface area contributed by atoms with Crippen LogP contribution in [0.2, 0.25) is 0 Å². The van der Waals surface area contributed by atoms with Crippen LogP contribution in [0.15, 0.2) is 54.7 Å². The van der Waals surface area contributed by atoms with Crippen molar-refractivity contribution in [2.24, 2.45) is 0 Å². The Morgan fingerprint density at radius 1 is 1.11 bits per heavy atom. The van der Waals surface area contributed by atoms with Gasteiger partial charge in [0.15, 0.2) is 0 Å². The largest absolute Gasteiger partial charge is 0.491 e. The topological polar surface area (TPSA) is 57.3 Å². The van der Waals surface area contributed by atoms with E-state index in [9.17, 15) is 5.11 Å². The molecule has 27 heavy (non-hydrogen) atoms. The highest BCUT2D eigenvalue weighted by molar-refractivity contribution is 5.85. The number of hydrogen-bond donors (Lipinski definition) is 3. The molecule has 4 nitrogen and oxygen atoms in total. The van der Waals surface area contributed by atoms with Crippen LogP contribution >= 0.6 is 12.4 Å². The maximum Gasteiger partial charge on any atom is 0.122 e. The van der Waals surface area contributed by atoms with Crippen molar-refractivity contribution in [1.29, 1.82) is 0 Å². The predicted molar refractivity (Wildman–Crippen MR) is 114 cm³/mol. The van der Waals surface area contributed by atoms with E-state index in [0.29, 0.717) is 6.54 Å². The zero-order valence-corrected chi connectivity index (χ0v) is 17.0. The van der Waals surface area contributed by atoms with E-state index >= 15 is 0 Å². The summed E-state index contributed by atoms with van der Waals surface area (Å²) in [4.78, 5) is 3.32. The van der Waals surface area contributed by atoms with Crippen molar-refractivity contribution in [1.82, 2.24) is 10.3 Å². The Balaban J connectivity index is 0.00000261. The van der Waals surface area contributed by atoms with Gasteiger partial charge in [-0.05, 0) is 50.5 Å². The van der Waals surface area contributed by atoms with E-state index < -0.39 is 6.10 Å². The van der Waals surface area contributed by atoms with Gasteiger partial charge in [-0.15, -0.1) is 12.4 Å². The van der Waals surface area contributed by atoms with Crippen LogP contribution in [0.25, 0.3) is 10.9 Å². The lowest BCUT2D eigenvalue weighted by molar-refractivity contribution is 0.0985. The van der Waals surface area contributed by atoms with Crippen LogP contribution in [-0.2, 0) is 6.42 Å². The zero-order chi connectivity index (χ0) is 18.6. The van der Waals surface area contributed by atoms with Crippen LogP contribution in [0, 0.1) is 6.92 Å². The highest BCUT2D eigenvalue weighted by Gasteiger charge is 2.21. The second-order valence-corrected chi connectivity index (χ2v) is 7.53. The highest BCUT2D eigenvalue weighted by Crippen LogP contribution is 2.22. The SMILES string of the molecule is Cc1ccccc1OCC(O)CNC(C)(C)Cc1c[nH]c2ccccc12.Cl. The van der Waals surface area contributed by atoms with Crippen molar-refractivity contribution in [3.8, 4) is 5.75 Å². The number of fused-ring (bicyclic) bond motifs is 1. The van der Waals surface area contributed by atoms with Gasteiger partial charge in [0, 0.05) is 29.2 Å². The summed E-state index contributed by atoms with van der Waals surface area (Å²) in [7, 11) is 0. The molecule has 0 saturated heterocycles. The molecule has 0 radical (unpaired) electrons. The fourth-order valence-electron chi connectivity index (χ4n) is 3.17. The summed E-state index contributed by atoms with van der Waals surface area (Å²) in [6.45, 7) is 7.08. The smallest absolute Gasteiger partial charge is 0.122 e. The standard InChI is InChI=1S/C22H28N2O2.ClH/c1-16-8-4-7-11-21(16)26-15-18(25)14-24-22(2,3)12-17-13-23-20-10-6-5-9-19(17)20;/h4-11,13,18,23-25H,12,14-15H2,1-3H3;1H. The second-order valence-electron chi connectivity index (χ2n) is 7.53. The number of aryl methyl sites for hydroxylation is 1. The number of β-amino-alcohol motifs (C(OH)–C–C–N with tert-alkyl or cyclic N) is 1. The minimum atomic E-state index is -0.558. The van der Waals surface area contributed by atoms with Gasteiger partial charge in [-0.2, -0.15) is 0 Å². The molecule has 1 unspecified atom stereocenters. The summed E-state index contributed by atoms with van der Waals surface area (Å²) in [6.07, 6.45) is 2.39. The predicted octanol–water partition coefficient (Wildman–Crippen LogP) is 4.25. The second kappa shape index (κ2) is 9.27. The van der Waals surface area contributed by atoms with Crippen molar-refractivity contribution >= 4 is 23.3 Å². The van der Waals surface area contributed by atoms with E-state index in [1.54, 1.807) is 0 Å². The number of aliphatic hydroxyl groups is 1. The molecule has 3 aromatic rings. The number of hydrogen-bond acceptors (Lipinski definition) is 3. The van der Waals surface area contributed by atoms with E-state index in [1.165, 1.54) is 10.9 Å². The number of halogens is 1. The molecule has 1 heterocycles. The van der Waals surface area contributed by atoms with Crippen LogP contribution in [0.4, 0.5) is 0 Å². The van der Waals surface area contributed by atoms with Crippen molar-refractivity contribution in [3.63, 3.8) is 0 Å². The van der Waals surface area contributed by atoms with Crippen molar-refractivity contribution < 1.29 is 9.84 Å². The van der Waals surface area contributed by atoms with Gasteiger partial charge < -0.3 is 20.1 Å². The first-order valence-corrected chi connectivity index (χ1v) is 9.11. The Hall–Kier alpha value is -2.01. The minimum Gasteiger partial charge on any atom is -0.491 e. The third-order valence-electron chi connectivity index (χ3n) is 4.65. The van der Waals surface area contributed by atoms with Gasteiger partial charge in [-0.1, -0.05) is 36.4 Å². The van der Waals surface area contributed by atoms with Gasteiger partial charge in [-0.3, -0.25) is 0 Å². The third-order valence-corrected chi connectivity index (χ3v) is 4.65. The number of rotatable bonds is 8. The molecule has 0 bridgehead atoms. The normalized spacial score (nSPS) is 12.6. The number of H-pyrrole nitrogens is 1. The first-order valence-electron chi connectivity index (χ1n) is 9.11. The molecule has 2 aromatic carbocycles. The van der Waals surface area contributed by atoms with Gasteiger partial charge in [0.25, 0.3) is 0 Å². The van der Waals surface area contributed by atoms with E-state index in [2.05, 4.69) is 48.5 Å². The maximum atomic E-state index is 10.3. The van der Waals surface area contributed by atoms with Crippen molar-refractivity contribution in [3.05, 3.63) is 65.9 Å². The van der Waals surface area contributed by atoms with Crippen LogP contribution in [0.1, 0.15) is 25.0 Å². The molecule has 3 N–H and O–H groups in total. The summed E-state index contributed by atoms with van der Waals surface area (Å²) in [5, 5.41) is 15.0. The number of benzene rings is 2. The summed E-state index contributed by atoms with van der Waals surface area (Å²) in [5.41, 5.74) is 3.38. The van der Waals surface area contributed by atoms with Gasteiger partial charge in [0.05, 0.1) is 0 Å². The molecular weight excluding hydrogens is 360 g/mol. The Kier molecular flexibility index (Phi) is 7.31. The van der Waals surface area contributed by atoms with Crippen LogP contribution in [-0.4, -0.2) is 34.9 Å². The average Bonchev–Trinajstić information content (AvgIpc) is 3.02. The van der Waals surface area contributed by atoms with E-state index in [1.807, 2.05) is 37.3 Å². The fourth-order valence-corrected chi connectivity index (χ4v) is 3.17. The lowest BCUT2D eigenvalue weighted by atomic mass is 9.94. The molecule has 0 aliphatic rings. The molecule has 0 fully saturated rings. The molecule has 5 heteroatoms. The van der Waals surface area contributed by atoms with E-state index in [0.717, 1.165) is 23.3 Å². The number of aromatic amines is 1. The third kappa shape index (κ3) is 5.73. The Morgan fingerprint density at radius 3 is 2.59 bits per heavy atom. The van der Waals surface area contributed by atoms with Crippen LogP contribution in [0.3, 0.4) is 0 Å².